The van der Waals surface area contributed by atoms with E-state index < -0.39 is 5.79 Å². The van der Waals surface area contributed by atoms with Crippen LogP contribution in [0, 0.1) is 3.57 Å². The molecule has 2 saturated heterocycles. The molecule has 4 heterocycles. The van der Waals surface area contributed by atoms with Gasteiger partial charge in [0, 0.05) is 15.5 Å². The molecule has 0 unspecified atom stereocenters. The molecule has 2 aromatic heterocycles. The fourth-order valence-electron chi connectivity index (χ4n) is 2.96. The predicted molar refractivity (Wildman–Crippen MR) is 90.6 cm³/mol. The highest BCUT2D eigenvalue weighted by Crippen LogP contribution is 2.48. The van der Waals surface area contributed by atoms with Crippen LogP contribution in [0.3, 0.4) is 0 Å². The lowest BCUT2D eigenvalue weighted by Crippen LogP contribution is -2.26. The summed E-state index contributed by atoms with van der Waals surface area (Å²) in [6.45, 7) is 3.92. The van der Waals surface area contributed by atoms with Crippen LogP contribution in [-0.4, -0.2) is 38.3 Å². The summed E-state index contributed by atoms with van der Waals surface area (Å²) in [6.07, 6.45) is 3.73. The third kappa shape index (κ3) is 2.28. The molecule has 2 aromatic rings. The molecule has 21 heavy (non-hydrogen) atoms. The van der Waals surface area contributed by atoms with Gasteiger partial charge in [-0.1, -0.05) is 11.6 Å². The van der Waals surface area contributed by atoms with Gasteiger partial charge in [-0.15, -0.1) is 11.8 Å². The van der Waals surface area contributed by atoms with E-state index in [1.165, 1.54) is 6.33 Å². The first-order chi connectivity index (χ1) is 9.96. The number of rotatable bonds is 1. The molecule has 8 heteroatoms. The van der Waals surface area contributed by atoms with Crippen molar-refractivity contribution in [2.75, 3.05) is 5.75 Å². The lowest BCUT2D eigenvalue weighted by atomic mass is 10.2. The first-order valence-corrected chi connectivity index (χ1v) is 9.10. The van der Waals surface area contributed by atoms with Gasteiger partial charge in [0.05, 0.1) is 11.5 Å². The molecule has 2 aliphatic heterocycles. The Hall–Kier alpha value is -0.0900. The Morgan fingerprint density at radius 2 is 2.24 bits per heavy atom. The Balaban J connectivity index is 1.80. The van der Waals surface area contributed by atoms with Gasteiger partial charge in [-0.05, 0) is 36.4 Å². The van der Waals surface area contributed by atoms with Gasteiger partial charge in [0.1, 0.15) is 28.6 Å². The maximum atomic E-state index is 6.21. The van der Waals surface area contributed by atoms with Gasteiger partial charge >= 0.3 is 0 Å². The van der Waals surface area contributed by atoms with Crippen LogP contribution in [0.1, 0.15) is 19.2 Å². The number of hydrogen-bond acceptors (Lipinski definition) is 5. The number of aromatic nitrogens is 3. The number of fused-ring (bicyclic) bond motifs is 2. The van der Waals surface area contributed by atoms with E-state index in [0.717, 1.165) is 20.4 Å². The molecule has 4 rings (SSSR count). The minimum atomic E-state index is -0.517. The van der Waals surface area contributed by atoms with Crippen LogP contribution in [0.5, 0.6) is 0 Å². The van der Waals surface area contributed by atoms with E-state index in [1.807, 2.05) is 25.6 Å². The summed E-state index contributed by atoms with van der Waals surface area (Å²) in [5.41, 5.74) is 0.853. The lowest BCUT2D eigenvalue weighted by Gasteiger charge is -2.22. The molecule has 0 saturated carbocycles. The SMILES string of the molecule is CC1(C)O[C@H]2[C@H](n3cc(I)c4c(Cl)ncnc43)SC[C@H]2O1. The molecular formula is C13H13ClIN3O2S. The Bertz CT molecular complexity index is 723. The Labute approximate surface area is 144 Å². The monoisotopic (exact) mass is 437 g/mol. The molecule has 3 atom stereocenters. The highest BCUT2D eigenvalue weighted by atomic mass is 127. The zero-order chi connectivity index (χ0) is 14.8. The van der Waals surface area contributed by atoms with Gasteiger partial charge in [0.25, 0.3) is 0 Å². The maximum Gasteiger partial charge on any atom is 0.163 e. The largest absolute Gasteiger partial charge is 0.344 e. The van der Waals surface area contributed by atoms with Crippen LogP contribution in [-0.2, 0) is 9.47 Å². The average molecular weight is 438 g/mol. The van der Waals surface area contributed by atoms with Gasteiger partial charge < -0.3 is 14.0 Å². The third-order valence-electron chi connectivity index (χ3n) is 3.72. The predicted octanol–water partition coefficient (Wildman–Crippen LogP) is 3.45. The highest BCUT2D eigenvalue weighted by molar-refractivity contribution is 14.1. The molecule has 2 aliphatic rings. The van der Waals surface area contributed by atoms with Crippen LogP contribution in [0.4, 0.5) is 0 Å². The van der Waals surface area contributed by atoms with Crippen molar-refractivity contribution < 1.29 is 9.47 Å². The van der Waals surface area contributed by atoms with E-state index in [9.17, 15) is 0 Å². The van der Waals surface area contributed by atoms with E-state index in [-0.39, 0.29) is 17.6 Å². The second-order valence-electron chi connectivity index (χ2n) is 5.61. The second kappa shape index (κ2) is 4.95. The second-order valence-corrected chi connectivity index (χ2v) is 8.28. The fourth-order valence-corrected chi connectivity index (χ4v) is 5.53. The van der Waals surface area contributed by atoms with Crippen molar-refractivity contribution in [3.63, 3.8) is 0 Å². The van der Waals surface area contributed by atoms with Gasteiger partial charge in [-0.25, -0.2) is 9.97 Å². The van der Waals surface area contributed by atoms with Gasteiger partial charge in [0.15, 0.2) is 5.79 Å². The molecule has 0 radical (unpaired) electrons. The summed E-state index contributed by atoms with van der Waals surface area (Å²) in [5.74, 6) is 0.408. The molecule has 0 spiro atoms. The number of halogens is 2. The van der Waals surface area contributed by atoms with E-state index in [4.69, 9.17) is 21.1 Å². The van der Waals surface area contributed by atoms with E-state index in [0.29, 0.717) is 5.15 Å². The molecule has 0 N–H and O–H groups in total. The lowest BCUT2D eigenvalue weighted by molar-refractivity contribution is -0.146. The minimum Gasteiger partial charge on any atom is -0.344 e. The van der Waals surface area contributed by atoms with Gasteiger partial charge in [0.2, 0.25) is 0 Å². The maximum absolute atomic E-state index is 6.21. The smallest absolute Gasteiger partial charge is 0.163 e. The number of ether oxygens (including phenoxy) is 2. The van der Waals surface area contributed by atoms with Crippen molar-refractivity contribution >= 4 is 57.0 Å². The van der Waals surface area contributed by atoms with Crippen molar-refractivity contribution in [3.8, 4) is 0 Å². The zero-order valence-electron chi connectivity index (χ0n) is 11.4. The first-order valence-electron chi connectivity index (χ1n) is 6.60. The summed E-state index contributed by atoms with van der Waals surface area (Å²) >= 11 is 10.3. The number of nitrogens with zero attached hydrogens (tertiary/aromatic N) is 3. The third-order valence-corrected chi connectivity index (χ3v) is 6.19. The van der Waals surface area contributed by atoms with Crippen molar-refractivity contribution in [2.45, 2.75) is 37.2 Å². The number of thioether (sulfide) groups is 1. The average Bonchev–Trinajstić information content (AvgIpc) is 3.00. The summed E-state index contributed by atoms with van der Waals surface area (Å²) in [4.78, 5) is 8.48. The molecule has 5 nitrogen and oxygen atoms in total. The van der Waals surface area contributed by atoms with Crippen LogP contribution >= 0.6 is 46.0 Å². The van der Waals surface area contributed by atoms with Crippen LogP contribution < -0.4 is 0 Å². The Kier molecular flexibility index (Phi) is 3.42. The summed E-state index contributed by atoms with van der Waals surface area (Å²) in [6, 6.07) is 0. The van der Waals surface area contributed by atoms with Gasteiger partial charge in [-0.2, -0.15) is 0 Å². The zero-order valence-corrected chi connectivity index (χ0v) is 15.1. The quantitative estimate of drug-likeness (QED) is 0.505. The molecule has 2 fully saturated rings. The van der Waals surface area contributed by atoms with Crippen molar-refractivity contribution in [3.05, 3.63) is 21.2 Å². The first kappa shape index (κ1) is 14.5. The molecular weight excluding hydrogens is 425 g/mol. The molecule has 112 valence electrons. The Morgan fingerprint density at radius 3 is 3.05 bits per heavy atom. The Morgan fingerprint density at radius 1 is 1.43 bits per heavy atom. The highest BCUT2D eigenvalue weighted by Gasteiger charge is 2.50. The molecule has 0 bridgehead atoms. The summed E-state index contributed by atoms with van der Waals surface area (Å²) in [5, 5.41) is 1.54. The van der Waals surface area contributed by atoms with Crippen molar-refractivity contribution in [1.82, 2.24) is 14.5 Å². The van der Waals surface area contributed by atoms with Crippen molar-refractivity contribution in [1.29, 1.82) is 0 Å². The minimum absolute atomic E-state index is 0.0325. The van der Waals surface area contributed by atoms with E-state index in [2.05, 4.69) is 43.3 Å². The van der Waals surface area contributed by atoms with Crippen LogP contribution in [0.15, 0.2) is 12.5 Å². The fraction of sp³-hybridized carbons (Fsp3) is 0.538. The van der Waals surface area contributed by atoms with E-state index in [1.54, 1.807) is 0 Å². The summed E-state index contributed by atoms with van der Waals surface area (Å²) < 4.78 is 15.2. The normalized spacial score (nSPS) is 31.0. The number of hydrogen-bond donors (Lipinski definition) is 0. The van der Waals surface area contributed by atoms with Crippen molar-refractivity contribution in [2.24, 2.45) is 0 Å². The van der Waals surface area contributed by atoms with Gasteiger partial charge in [-0.3, -0.25) is 0 Å². The molecule has 0 aromatic carbocycles. The van der Waals surface area contributed by atoms with E-state index >= 15 is 0 Å². The van der Waals surface area contributed by atoms with Crippen LogP contribution in [0.25, 0.3) is 11.0 Å². The molecule has 0 amide bonds. The molecule has 0 aliphatic carbocycles. The topological polar surface area (TPSA) is 49.2 Å². The van der Waals surface area contributed by atoms with Crippen LogP contribution in [0.2, 0.25) is 5.15 Å². The summed E-state index contributed by atoms with van der Waals surface area (Å²) in [7, 11) is 0. The standard InChI is InChI=1S/C13H13ClIN3O2S/c1-13(2)19-7-4-21-12(9(7)20-13)18-3-6(15)8-10(14)16-5-17-11(8)18/h3,5,7,9,12H,4H2,1-2H3/t7-,9-,12-/m1/s1.